The maximum atomic E-state index is 13.1. The number of halogens is 3. The van der Waals surface area contributed by atoms with Crippen molar-refractivity contribution in [3.63, 3.8) is 0 Å². The summed E-state index contributed by atoms with van der Waals surface area (Å²) in [5.74, 6) is 0.153. The Morgan fingerprint density at radius 3 is 2.48 bits per heavy atom. The number of aliphatic hydroxyl groups is 1. The van der Waals surface area contributed by atoms with Gasteiger partial charge in [-0.1, -0.05) is 0 Å². The summed E-state index contributed by atoms with van der Waals surface area (Å²) in [6, 6.07) is 4.03. The maximum Gasteiger partial charge on any atom is 0.433 e. The summed E-state index contributed by atoms with van der Waals surface area (Å²) in [7, 11) is 0. The van der Waals surface area contributed by atoms with Crippen LogP contribution in [-0.2, 0) is 6.18 Å². The van der Waals surface area contributed by atoms with E-state index in [0.29, 0.717) is 18.5 Å². The van der Waals surface area contributed by atoms with Crippen LogP contribution in [0.3, 0.4) is 0 Å². The lowest BCUT2D eigenvalue weighted by Crippen LogP contribution is -2.30. The molecule has 2 aromatic rings. The number of pyridine rings is 1. The van der Waals surface area contributed by atoms with Gasteiger partial charge in [0.05, 0.1) is 5.60 Å². The van der Waals surface area contributed by atoms with Crippen molar-refractivity contribution in [1.29, 1.82) is 0 Å². The Morgan fingerprint density at radius 1 is 1.22 bits per heavy atom. The minimum Gasteiger partial charge on any atom is -0.388 e. The van der Waals surface area contributed by atoms with Crippen LogP contribution in [0.25, 0.3) is 11.4 Å². The highest BCUT2D eigenvalue weighted by molar-refractivity contribution is 5.57. The van der Waals surface area contributed by atoms with E-state index in [4.69, 9.17) is 0 Å². The van der Waals surface area contributed by atoms with Crippen molar-refractivity contribution in [3.05, 3.63) is 36.3 Å². The first-order valence-electron chi connectivity index (χ1n) is 7.09. The molecule has 0 spiro atoms. The van der Waals surface area contributed by atoms with E-state index in [-0.39, 0.29) is 18.2 Å². The van der Waals surface area contributed by atoms with Crippen molar-refractivity contribution in [2.24, 2.45) is 0 Å². The van der Waals surface area contributed by atoms with Crippen molar-refractivity contribution in [2.75, 3.05) is 18.0 Å². The Kier molecular flexibility index (Phi) is 3.71. The number of nitrogens with zero attached hydrogens (tertiary/aromatic N) is 4. The molecule has 0 saturated carbocycles. The lowest BCUT2D eigenvalue weighted by molar-refractivity contribution is -0.141. The fraction of sp³-hybridized carbons (Fsp3) is 0.400. The van der Waals surface area contributed by atoms with Gasteiger partial charge in [0.2, 0.25) is 0 Å². The van der Waals surface area contributed by atoms with Gasteiger partial charge in [0.1, 0.15) is 5.82 Å². The highest BCUT2D eigenvalue weighted by Crippen LogP contribution is 2.33. The second-order valence-corrected chi connectivity index (χ2v) is 5.84. The van der Waals surface area contributed by atoms with Crippen LogP contribution in [0, 0.1) is 0 Å². The summed E-state index contributed by atoms with van der Waals surface area (Å²) in [6.07, 6.45) is -1.15. The number of hydrogen-bond acceptors (Lipinski definition) is 5. The summed E-state index contributed by atoms with van der Waals surface area (Å²) in [5, 5.41) is 10.0. The third-order valence-corrected chi connectivity index (χ3v) is 3.72. The van der Waals surface area contributed by atoms with E-state index in [1.165, 1.54) is 12.4 Å². The third kappa shape index (κ3) is 3.42. The van der Waals surface area contributed by atoms with Crippen LogP contribution >= 0.6 is 0 Å². The molecule has 1 aliphatic rings. The molecule has 8 heteroatoms. The average Bonchev–Trinajstić information content (AvgIpc) is 2.87. The lowest BCUT2D eigenvalue weighted by atomic mass is 10.1. The summed E-state index contributed by atoms with van der Waals surface area (Å²) >= 11 is 0. The Bertz CT molecular complexity index is 704. The molecule has 0 amide bonds. The quantitative estimate of drug-likeness (QED) is 0.920. The Hall–Kier alpha value is -2.22. The molecule has 122 valence electrons. The average molecular weight is 324 g/mol. The molecule has 2 aromatic heterocycles. The van der Waals surface area contributed by atoms with E-state index in [2.05, 4.69) is 15.0 Å². The van der Waals surface area contributed by atoms with Gasteiger partial charge in [-0.3, -0.25) is 4.98 Å². The molecule has 0 radical (unpaired) electrons. The fourth-order valence-electron chi connectivity index (χ4n) is 2.51. The summed E-state index contributed by atoms with van der Waals surface area (Å²) in [5.41, 5.74) is -1.47. The first-order valence-corrected chi connectivity index (χ1v) is 7.09. The van der Waals surface area contributed by atoms with Crippen LogP contribution in [0.1, 0.15) is 19.0 Å². The Morgan fingerprint density at radius 2 is 1.91 bits per heavy atom. The molecule has 3 heterocycles. The second kappa shape index (κ2) is 5.45. The molecular formula is C15H15F3N4O. The monoisotopic (exact) mass is 324 g/mol. The molecule has 1 unspecified atom stereocenters. The molecule has 0 aromatic carbocycles. The summed E-state index contributed by atoms with van der Waals surface area (Å²) < 4.78 is 39.4. The smallest absolute Gasteiger partial charge is 0.388 e. The van der Waals surface area contributed by atoms with Gasteiger partial charge in [-0.05, 0) is 25.5 Å². The molecule has 5 nitrogen and oxygen atoms in total. The maximum absolute atomic E-state index is 13.1. The highest BCUT2D eigenvalue weighted by Gasteiger charge is 2.36. The van der Waals surface area contributed by atoms with Gasteiger partial charge < -0.3 is 10.0 Å². The molecule has 23 heavy (non-hydrogen) atoms. The van der Waals surface area contributed by atoms with Crippen LogP contribution in [0.15, 0.2) is 30.6 Å². The van der Waals surface area contributed by atoms with E-state index in [1.807, 2.05) is 0 Å². The topological polar surface area (TPSA) is 62.1 Å². The van der Waals surface area contributed by atoms with E-state index < -0.39 is 17.5 Å². The molecule has 1 atom stereocenters. The lowest BCUT2D eigenvalue weighted by Gasteiger charge is -2.21. The van der Waals surface area contributed by atoms with Crippen molar-refractivity contribution >= 4 is 5.82 Å². The second-order valence-electron chi connectivity index (χ2n) is 5.84. The fourth-order valence-corrected chi connectivity index (χ4v) is 2.51. The van der Waals surface area contributed by atoms with Gasteiger partial charge in [-0.2, -0.15) is 13.2 Å². The molecule has 1 fully saturated rings. The van der Waals surface area contributed by atoms with Crippen LogP contribution in [0.2, 0.25) is 0 Å². The van der Waals surface area contributed by atoms with Crippen LogP contribution < -0.4 is 4.90 Å². The SMILES string of the molecule is CC1(O)CCN(c2cc(C(F)(F)F)nc(-c3ccncc3)n2)C1. The van der Waals surface area contributed by atoms with Crippen LogP contribution in [0.5, 0.6) is 0 Å². The van der Waals surface area contributed by atoms with Gasteiger partial charge in [0.25, 0.3) is 0 Å². The first kappa shape index (κ1) is 15.7. The zero-order valence-electron chi connectivity index (χ0n) is 12.4. The zero-order valence-corrected chi connectivity index (χ0v) is 12.4. The van der Waals surface area contributed by atoms with Crippen molar-refractivity contribution in [2.45, 2.75) is 25.1 Å². The number of hydrogen-bond donors (Lipinski definition) is 1. The number of aromatic nitrogens is 3. The zero-order chi connectivity index (χ0) is 16.7. The summed E-state index contributed by atoms with van der Waals surface area (Å²) in [4.78, 5) is 13.4. The molecule has 0 bridgehead atoms. The van der Waals surface area contributed by atoms with Gasteiger partial charge in [-0.15, -0.1) is 0 Å². The molecule has 1 N–H and O–H groups in total. The van der Waals surface area contributed by atoms with E-state index in [0.717, 1.165) is 6.07 Å². The molecule has 3 rings (SSSR count). The van der Waals surface area contributed by atoms with E-state index in [1.54, 1.807) is 24.0 Å². The summed E-state index contributed by atoms with van der Waals surface area (Å²) in [6.45, 7) is 2.33. The van der Waals surface area contributed by atoms with Crippen LogP contribution in [0.4, 0.5) is 19.0 Å². The normalized spacial score (nSPS) is 21.7. The van der Waals surface area contributed by atoms with Gasteiger partial charge in [0, 0.05) is 37.1 Å². The first-order chi connectivity index (χ1) is 10.7. The number of rotatable bonds is 2. The van der Waals surface area contributed by atoms with Crippen molar-refractivity contribution in [3.8, 4) is 11.4 Å². The number of anilines is 1. The molecular weight excluding hydrogens is 309 g/mol. The van der Waals surface area contributed by atoms with E-state index in [9.17, 15) is 18.3 Å². The minimum atomic E-state index is -4.57. The Balaban J connectivity index is 2.06. The van der Waals surface area contributed by atoms with Gasteiger partial charge >= 0.3 is 6.18 Å². The van der Waals surface area contributed by atoms with Gasteiger partial charge in [0.15, 0.2) is 11.5 Å². The predicted molar refractivity (Wildman–Crippen MR) is 77.7 cm³/mol. The predicted octanol–water partition coefficient (Wildman–Crippen LogP) is 2.52. The third-order valence-electron chi connectivity index (χ3n) is 3.72. The molecule has 1 saturated heterocycles. The number of β-amino-alcohol motifs (C(OH)–C–C–N with tert-alkyl or cyclic N) is 1. The number of alkyl halides is 3. The standard InChI is InChI=1S/C15H15F3N4O/c1-14(23)4-7-22(9-14)12-8-11(15(16,17)18)20-13(21-12)10-2-5-19-6-3-10/h2-3,5-6,8,23H,4,7,9H2,1H3. The van der Waals surface area contributed by atoms with E-state index >= 15 is 0 Å². The molecule has 0 aliphatic carbocycles. The minimum absolute atomic E-state index is 0.0104. The van der Waals surface area contributed by atoms with Crippen molar-refractivity contribution in [1.82, 2.24) is 15.0 Å². The Labute approximate surface area is 130 Å². The highest BCUT2D eigenvalue weighted by atomic mass is 19.4. The van der Waals surface area contributed by atoms with Gasteiger partial charge in [-0.25, -0.2) is 9.97 Å². The van der Waals surface area contributed by atoms with Crippen LogP contribution in [-0.4, -0.2) is 38.7 Å². The molecule has 1 aliphatic heterocycles. The largest absolute Gasteiger partial charge is 0.433 e. The van der Waals surface area contributed by atoms with Crippen molar-refractivity contribution < 1.29 is 18.3 Å².